The van der Waals surface area contributed by atoms with Crippen molar-refractivity contribution in [3.8, 4) is 0 Å². The van der Waals surface area contributed by atoms with Crippen molar-refractivity contribution < 1.29 is 0 Å². The summed E-state index contributed by atoms with van der Waals surface area (Å²) in [5, 5.41) is 3.71. The lowest BCUT2D eigenvalue weighted by Gasteiger charge is -2.35. The molecule has 0 aromatic carbocycles. The van der Waals surface area contributed by atoms with Crippen LogP contribution < -0.4 is 5.32 Å². The van der Waals surface area contributed by atoms with Crippen molar-refractivity contribution in [1.29, 1.82) is 0 Å². The van der Waals surface area contributed by atoms with E-state index < -0.39 is 0 Å². The maximum atomic E-state index is 3.71. The number of likely N-dealkylation sites (tertiary alicyclic amines) is 1. The highest BCUT2D eigenvalue weighted by Gasteiger charge is 2.19. The van der Waals surface area contributed by atoms with Crippen molar-refractivity contribution in [2.75, 3.05) is 39.3 Å². The van der Waals surface area contributed by atoms with Crippen molar-refractivity contribution in [2.24, 2.45) is 0 Å². The van der Waals surface area contributed by atoms with Gasteiger partial charge in [-0.05, 0) is 52.9 Å². The smallest absolute Gasteiger partial charge is 0.0107 e. The number of hydrogen-bond acceptors (Lipinski definition) is 3. The summed E-state index contributed by atoms with van der Waals surface area (Å²) in [6.07, 6.45) is 2.63. The fourth-order valence-electron chi connectivity index (χ4n) is 2.59. The highest BCUT2D eigenvalue weighted by atomic mass is 15.2. The van der Waals surface area contributed by atoms with Crippen LogP contribution in [0.1, 0.15) is 40.5 Å². The minimum Gasteiger partial charge on any atom is -0.313 e. The van der Waals surface area contributed by atoms with Crippen LogP contribution in [-0.4, -0.2) is 61.2 Å². The first-order valence-corrected chi connectivity index (χ1v) is 7.37. The molecule has 0 atom stereocenters. The second kappa shape index (κ2) is 8.06. The number of rotatable bonds is 7. The molecule has 1 aliphatic rings. The third-order valence-corrected chi connectivity index (χ3v) is 4.02. The molecule has 102 valence electrons. The zero-order chi connectivity index (χ0) is 12.7. The van der Waals surface area contributed by atoms with E-state index >= 15 is 0 Å². The van der Waals surface area contributed by atoms with Crippen LogP contribution in [-0.2, 0) is 0 Å². The van der Waals surface area contributed by atoms with Gasteiger partial charge < -0.3 is 15.1 Å². The molecule has 0 unspecified atom stereocenters. The average molecular weight is 241 g/mol. The number of hydrogen-bond donors (Lipinski definition) is 1. The van der Waals surface area contributed by atoms with E-state index in [1.807, 2.05) is 0 Å². The van der Waals surface area contributed by atoms with E-state index in [0.717, 1.165) is 12.6 Å². The first-order chi connectivity index (χ1) is 8.17. The molecule has 17 heavy (non-hydrogen) atoms. The normalized spacial score (nSPS) is 19.4. The van der Waals surface area contributed by atoms with Gasteiger partial charge in [0.15, 0.2) is 0 Å². The maximum Gasteiger partial charge on any atom is 0.0107 e. The third kappa shape index (κ3) is 5.36. The van der Waals surface area contributed by atoms with Crippen molar-refractivity contribution >= 4 is 0 Å². The Hall–Kier alpha value is -0.120. The molecular weight excluding hydrogens is 210 g/mol. The predicted octanol–water partition coefficient (Wildman–Crippen LogP) is 1.79. The lowest BCUT2D eigenvalue weighted by molar-refractivity contribution is 0.159. The minimum atomic E-state index is 0.714. The summed E-state index contributed by atoms with van der Waals surface area (Å²) >= 11 is 0. The molecule has 1 fully saturated rings. The molecule has 0 radical (unpaired) electrons. The van der Waals surface area contributed by atoms with Gasteiger partial charge in [0.25, 0.3) is 0 Å². The summed E-state index contributed by atoms with van der Waals surface area (Å²) in [6, 6.07) is 1.46. The largest absolute Gasteiger partial charge is 0.313 e. The van der Waals surface area contributed by atoms with E-state index in [1.54, 1.807) is 0 Å². The number of nitrogens with zero attached hydrogens (tertiary/aromatic N) is 2. The Morgan fingerprint density at radius 1 is 1.18 bits per heavy atom. The fourth-order valence-corrected chi connectivity index (χ4v) is 2.59. The van der Waals surface area contributed by atoms with Crippen LogP contribution in [0.2, 0.25) is 0 Å². The Morgan fingerprint density at radius 3 is 2.24 bits per heavy atom. The first-order valence-electron chi connectivity index (χ1n) is 7.37. The fraction of sp³-hybridized carbons (Fsp3) is 1.00. The summed E-state index contributed by atoms with van der Waals surface area (Å²) < 4.78 is 0. The Bertz CT molecular complexity index is 182. The quantitative estimate of drug-likeness (QED) is 0.733. The van der Waals surface area contributed by atoms with Gasteiger partial charge in [0.2, 0.25) is 0 Å². The summed E-state index contributed by atoms with van der Waals surface area (Å²) in [4.78, 5) is 5.07. The van der Waals surface area contributed by atoms with Crippen LogP contribution in [0.15, 0.2) is 0 Å². The van der Waals surface area contributed by atoms with Crippen molar-refractivity contribution in [3.63, 3.8) is 0 Å². The van der Waals surface area contributed by atoms with Gasteiger partial charge in [0.1, 0.15) is 0 Å². The molecule has 0 saturated carbocycles. The Kier molecular flexibility index (Phi) is 7.09. The topological polar surface area (TPSA) is 18.5 Å². The molecule has 0 aliphatic carbocycles. The van der Waals surface area contributed by atoms with Gasteiger partial charge >= 0.3 is 0 Å². The monoisotopic (exact) mass is 241 g/mol. The van der Waals surface area contributed by atoms with Gasteiger partial charge in [-0.1, -0.05) is 13.8 Å². The van der Waals surface area contributed by atoms with Gasteiger partial charge in [0.05, 0.1) is 0 Å². The van der Waals surface area contributed by atoms with Gasteiger partial charge in [-0.25, -0.2) is 0 Å². The number of piperidine rings is 1. The summed E-state index contributed by atoms with van der Waals surface area (Å²) in [7, 11) is 0. The Balaban J connectivity index is 2.10. The van der Waals surface area contributed by atoms with E-state index in [-0.39, 0.29) is 0 Å². The third-order valence-electron chi connectivity index (χ3n) is 4.02. The number of nitrogens with one attached hydrogen (secondary N) is 1. The SMILES string of the molecule is CCN(CC)CCNC1CCN(C(C)C)CC1. The van der Waals surface area contributed by atoms with Crippen molar-refractivity contribution in [3.05, 3.63) is 0 Å². The van der Waals surface area contributed by atoms with Crippen molar-refractivity contribution in [2.45, 2.75) is 52.6 Å². The van der Waals surface area contributed by atoms with Crippen LogP contribution >= 0.6 is 0 Å². The highest BCUT2D eigenvalue weighted by molar-refractivity contribution is 4.78. The molecule has 1 saturated heterocycles. The van der Waals surface area contributed by atoms with E-state index in [9.17, 15) is 0 Å². The van der Waals surface area contributed by atoms with E-state index in [4.69, 9.17) is 0 Å². The standard InChI is InChI=1S/C14H31N3/c1-5-16(6-2)12-9-15-14-7-10-17(11-8-14)13(3)4/h13-15H,5-12H2,1-4H3. The Labute approximate surface area is 108 Å². The van der Waals surface area contributed by atoms with Gasteiger partial charge in [-0.3, -0.25) is 0 Å². The van der Waals surface area contributed by atoms with Gasteiger partial charge in [-0.2, -0.15) is 0 Å². The maximum absolute atomic E-state index is 3.71. The van der Waals surface area contributed by atoms with Crippen LogP contribution in [0.3, 0.4) is 0 Å². The minimum absolute atomic E-state index is 0.714. The molecule has 0 aromatic rings. The van der Waals surface area contributed by atoms with E-state index in [2.05, 4.69) is 42.8 Å². The molecular formula is C14H31N3. The molecule has 3 nitrogen and oxygen atoms in total. The van der Waals surface area contributed by atoms with Crippen LogP contribution in [0, 0.1) is 0 Å². The Morgan fingerprint density at radius 2 is 1.76 bits per heavy atom. The van der Waals surface area contributed by atoms with Gasteiger partial charge in [-0.15, -0.1) is 0 Å². The first kappa shape index (κ1) is 14.9. The lowest BCUT2D eigenvalue weighted by Crippen LogP contribution is -2.46. The zero-order valence-electron chi connectivity index (χ0n) is 12.2. The van der Waals surface area contributed by atoms with E-state index in [1.165, 1.54) is 45.6 Å². The average Bonchev–Trinajstić information content (AvgIpc) is 2.35. The second-order valence-electron chi connectivity index (χ2n) is 5.38. The summed E-state index contributed by atoms with van der Waals surface area (Å²) in [5.74, 6) is 0. The van der Waals surface area contributed by atoms with Crippen LogP contribution in [0.4, 0.5) is 0 Å². The van der Waals surface area contributed by atoms with Crippen LogP contribution in [0.25, 0.3) is 0 Å². The lowest BCUT2D eigenvalue weighted by atomic mass is 10.0. The molecule has 1 aliphatic heterocycles. The zero-order valence-corrected chi connectivity index (χ0v) is 12.2. The van der Waals surface area contributed by atoms with Crippen LogP contribution in [0.5, 0.6) is 0 Å². The second-order valence-corrected chi connectivity index (χ2v) is 5.38. The predicted molar refractivity (Wildman–Crippen MR) is 75.5 cm³/mol. The number of likely N-dealkylation sites (N-methyl/N-ethyl adjacent to an activating group) is 1. The molecule has 0 spiro atoms. The molecule has 1 rings (SSSR count). The summed E-state index contributed by atoms with van der Waals surface area (Å²) in [5.41, 5.74) is 0. The molecule has 1 N–H and O–H groups in total. The molecule has 3 heteroatoms. The van der Waals surface area contributed by atoms with E-state index in [0.29, 0.717) is 6.04 Å². The molecule has 0 bridgehead atoms. The van der Waals surface area contributed by atoms with Gasteiger partial charge in [0, 0.05) is 25.2 Å². The highest BCUT2D eigenvalue weighted by Crippen LogP contribution is 2.12. The molecule has 0 amide bonds. The molecule has 1 heterocycles. The van der Waals surface area contributed by atoms with Crippen molar-refractivity contribution in [1.82, 2.24) is 15.1 Å². The molecule has 0 aromatic heterocycles. The summed E-state index contributed by atoms with van der Waals surface area (Å²) in [6.45, 7) is 16.3.